The van der Waals surface area contributed by atoms with Gasteiger partial charge in [-0.25, -0.2) is 0 Å². The normalized spacial score (nSPS) is 21.8. The van der Waals surface area contributed by atoms with Crippen LogP contribution in [0.4, 0.5) is 0 Å². The third-order valence-electron chi connectivity index (χ3n) is 0.322. The number of rotatable bonds is 2. The number of hydrogen-bond donors (Lipinski definition) is 3. The Kier molecular flexibility index (Phi) is 1.52. The van der Waals surface area contributed by atoms with Gasteiger partial charge < -0.3 is 15.3 Å². The lowest BCUT2D eigenvalue weighted by atomic mass is 10.8. The molecule has 0 fully saturated rings. The fourth-order valence-electron chi connectivity index (χ4n) is 0.0408. The van der Waals surface area contributed by atoms with Crippen LogP contribution in [0.3, 0.4) is 0 Å². The van der Waals surface area contributed by atoms with Gasteiger partial charge in [-0.2, -0.15) is 0 Å². The molecule has 0 aliphatic rings. The molecule has 0 heterocycles. The minimum Gasteiger partial charge on any atom is -0.394 e. The molecule has 3 nitrogen and oxygen atoms in total. The molecular formula is C3H8O3. The van der Waals surface area contributed by atoms with E-state index in [4.69, 9.17) is 18.1 Å². The topological polar surface area (TPSA) is 60.7 Å². The maximum atomic E-state index is 8.32. The van der Waals surface area contributed by atoms with Gasteiger partial charge in [0, 0.05) is 0 Å². The van der Waals surface area contributed by atoms with Crippen LogP contribution in [0, 0.1) is 0 Å². The van der Waals surface area contributed by atoms with Crippen molar-refractivity contribution in [3.05, 3.63) is 0 Å². The van der Waals surface area contributed by atoms with Crippen LogP contribution >= 0.6 is 0 Å². The Morgan fingerprint density at radius 1 is 1.67 bits per heavy atom. The monoisotopic (exact) mass is 95.1 g/mol. The highest BCUT2D eigenvalue weighted by Crippen LogP contribution is 1.71. The first-order valence-electron chi connectivity index (χ1n) is 2.49. The highest BCUT2D eigenvalue weighted by molar-refractivity contribution is 4.43. The van der Waals surface area contributed by atoms with Crippen molar-refractivity contribution in [2.75, 3.05) is 13.2 Å². The summed E-state index contributed by atoms with van der Waals surface area (Å²) in [6.45, 7) is -3.46. The Morgan fingerprint density at radius 2 is 2.17 bits per heavy atom. The van der Waals surface area contributed by atoms with Gasteiger partial charge in [0.25, 0.3) is 0 Å². The fraction of sp³-hybridized carbons (Fsp3) is 1.00. The first-order chi connectivity index (χ1) is 3.48. The third kappa shape index (κ3) is 2.14. The summed E-state index contributed by atoms with van der Waals surface area (Å²) < 4.78 is 12.7. The van der Waals surface area contributed by atoms with E-state index in [0.29, 0.717) is 0 Å². The molecule has 3 heteroatoms. The van der Waals surface area contributed by atoms with Gasteiger partial charge in [-0.15, -0.1) is 0 Å². The Balaban J connectivity index is 3.62. The average Bonchev–Trinajstić information content (AvgIpc) is 1.62. The quantitative estimate of drug-likeness (QED) is 0.359. The van der Waals surface area contributed by atoms with Gasteiger partial charge in [0.2, 0.25) is 0 Å². The van der Waals surface area contributed by atoms with Crippen LogP contribution in [0.5, 0.6) is 0 Å². The van der Waals surface area contributed by atoms with Gasteiger partial charge in [0.15, 0.2) is 0 Å². The van der Waals surface area contributed by atoms with Gasteiger partial charge in [0.1, 0.15) is 6.10 Å². The Labute approximate surface area is 38.7 Å². The lowest BCUT2D eigenvalue weighted by Gasteiger charge is -1.96. The number of hydrogen-bond acceptors (Lipinski definition) is 3. The van der Waals surface area contributed by atoms with Gasteiger partial charge in [-0.3, -0.25) is 0 Å². The first-order valence-corrected chi connectivity index (χ1v) is 1.49. The average molecular weight is 95.1 g/mol. The second-order valence-corrected chi connectivity index (χ2v) is 0.827. The molecule has 0 radical (unpaired) electrons. The van der Waals surface area contributed by atoms with Crippen molar-refractivity contribution in [3.63, 3.8) is 0 Å². The molecular weight excluding hydrogens is 85.0 g/mol. The van der Waals surface area contributed by atoms with Crippen molar-refractivity contribution in [2.24, 2.45) is 0 Å². The summed E-state index contributed by atoms with van der Waals surface area (Å²) >= 11 is 0. The largest absolute Gasteiger partial charge is 0.394 e. The second kappa shape index (κ2) is 3.08. The summed E-state index contributed by atoms with van der Waals surface area (Å²) in [5.74, 6) is 0. The predicted octanol–water partition coefficient (Wildman–Crippen LogP) is -1.67. The highest BCUT2D eigenvalue weighted by atomic mass is 16.4. The molecule has 0 aromatic carbocycles. The minimum absolute atomic E-state index is 0.774. The first kappa shape index (κ1) is 2.96. The predicted molar refractivity (Wildman–Crippen MR) is 20.2 cm³/mol. The Hall–Kier alpha value is -0.120. The third-order valence-corrected chi connectivity index (χ3v) is 0.322. The molecule has 0 aromatic heterocycles. The van der Waals surface area contributed by atoms with Crippen LogP contribution in [0.1, 0.15) is 2.74 Å². The van der Waals surface area contributed by atoms with Crippen molar-refractivity contribution in [1.82, 2.24) is 0 Å². The van der Waals surface area contributed by atoms with E-state index >= 15 is 0 Å². The molecule has 0 saturated carbocycles. The standard InChI is InChI=1S/C3H8O3/c4-1-3(6)2-5/h3-6H,1-2H2/i1D2,3+1/t3-/m1/s1. The summed E-state index contributed by atoms with van der Waals surface area (Å²) in [6.07, 6.45) is -1.71. The van der Waals surface area contributed by atoms with Crippen LogP contribution in [0.2, 0.25) is 0 Å². The molecule has 0 saturated heterocycles. The molecule has 0 rings (SSSR count). The SMILES string of the molecule is [2H]C([2H])(O)[13C@@H](O)CO. The van der Waals surface area contributed by atoms with Crippen molar-refractivity contribution in [3.8, 4) is 0 Å². The maximum Gasteiger partial charge on any atom is 0.100 e. The molecule has 3 N–H and O–H groups in total. The summed E-state index contributed by atoms with van der Waals surface area (Å²) in [4.78, 5) is 0. The van der Waals surface area contributed by atoms with Crippen LogP contribution < -0.4 is 0 Å². The van der Waals surface area contributed by atoms with Gasteiger partial charge >= 0.3 is 0 Å². The molecule has 0 aliphatic carbocycles. The molecule has 1 atom stereocenters. The van der Waals surface area contributed by atoms with E-state index in [9.17, 15) is 0 Å². The smallest absolute Gasteiger partial charge is 0.100 e. The van der Waals surface area contributed by atoms with E-state index in [2.05, 4.69) is 0 Å². The Morgan fingerprint density at radius 3 is 2.17 bits per heavy atom. The van der Waals surface area contributed by atoms with E-state index in [1.165, 1.54) is 0 Å². The van der Waals surface area contributed by atoms with Crippen molar-refractivity contribution in [2.45, 2.75) is 6.10 Å². The molecule has 38 valence electrons. The molecule has 6 heavy (non-hydrogen) atoms. The summed E-state index contributed by atoms with van der Waals surface area (Å²) in [5.41, 5.74) is 0. The fourth-order valence-corrected chi connectivity index (χ4v) is 0.0408. The van der Waals surface area contributed by atoms with Crippen LogP contribution in [0.15, 0.2) is 0 Å². The number of aliphatic hydroxyl groups is 3. The molecule has 0 aliphatic heterocycles. The summed E-state index contributed by atoms with van der Waals surface area (Å²) in [7, 11) is 0. The van der Waals surface area contributed by atoms with E-state index in [1.807, 2.05) is 0 Å². The van der Waals surface area contributed by atoms with Crippen LogP contribution in [0.25, 0.3) is 0 Å². The van der Waals surface area contributed by atoms with E-state index in [0.717, 1.165) is 0 Å². The summed E-state index contributed by atoms with van der Waals surface area (Å²) in [5, 5.41) is 24.5. The molecule has 0 amide bonds. The van der Waals surface area contributed by atoms with E-state index in [-0.39, 0.29) is 0 Å². The van der Waals surface area contributed by atoms with Crippen molar-refractivity contribution in [1.29, 1.82) is 0 Å². The molecule has 0 spiro atoms. The Bertz CT molecular complexity index is 69.4. The highest BCUT2D eigenvalue weighted by Gasteiger charge is 1.93. The molecule has 0 unspecified atom stereocenters. The zero-order valence-corrected chi connectivity index (χ0v) is 3.13. The summed E-state index contributed by atoms with van der Waals surface area (Å²) in [6, 6.07) is 0. The zero-order chi connectivity index (χ0) is 6.78. The van der Waals surface area contributed by atoms with Gasteiger partial charge in [0.05, 0.1) is 15.9 Å². The van der Waals surface area contributed by atoms with Gasteiger partial charge in [-0.1, -0.05) is 0 Å². The number of aliphatic hydroxyl groups excluding tert-OH is 2. The van der Waals surface area contributed by atoms with E-state index in [1.54, 1.807) is 0 Å². The molecule has 0 aromatic rings. The molecule has 0 bridgehead atoms. The maximum absolute atomic E-state index is 8.32. The zero-order valence-electron chi connectivity index (χ0n) is 5.13. The van der Waals surface area contributed by atoms with Crippen LogP contribution in [-0.4, -0.2) is 34.6 Å². The van der Waals surface area contributed by atoms with E-state index < -0.39 is 19.3 Å². The van der Waals surface area contributed by atoms with Crippen molar-refractivity contribution >= 4 is 0 Å². The lowest BCUT2D eigenvalue weighted by molar-refractivity contribution is 0.0450. The lowest BCUT2D eigenvalue weighted by Crippen LogP contribution is -2.15. The minimum atomic E-state index is -2.69. The van der Waals surface area contributed by atoms with Crippen molar-refractivity contribution < 1.29 is 18.1 Å². The van der Waals surface area contributed by atoms with Crippen LogP contribution in [-0.2, 0) is 0 Å². The van der Waals surface area contributed by atoms with Gasteiger partial charge in [-0.05, 0) is 0 Å². The second-order valence-electron chi connectivity index (χ2n) is 0.827.